The maximum absolute atomic E-state index is 13.2. The Labute approximate surface area is 117 Å². The van der Waals surface area contributed by atoms with Crippen molar-refractivity contribution in [2.45, 2.75) is 12.5 Å². The number of ether oxygens (including phenoxy) is 1. The van der Waals surface area contributed by atoms with Gasteiger partial charge in [0, 0.05) is 11.1 Å². The van der Waals surface area contributed by atoms with Crippen molar-refractivity contribution in [2.24, 2.45) is 5.73 Å². The Hall–Kier alpha value is -1.58. The SMILES string of the molecule is COc1cccc(CC(N)c2cc(F)ccc2Cl)c1. The van der Waals surface area contributed by atoms with Crippen LogP contribution >= 0.6 is 11.6 Å². The normalized spacial score (nSPS) is 12.2. The second-order valence-corrected chi connectivity index (χ2v) is 4.74. The molecule has 0 heterocycles. The van der Waals surface area contributed by atoms with Crippen molar-refractivity contribution in [3.8, 4) is 5.75 Å². The Morgan fingerprint density at radius 1 is 1.26 bits per heavy atom. The number of hydrogen-bond acceptors (Lipinski definition) is 2. The first-order valence-electron chi connectivity index (χ1n) is 5.93. The summed E-state index contributed by atoms with van der Waals surface area (Å²) in [6.07, 6.45) is 0.570. The third kappa shape index (κ3) is 3.46. The largest absolute Gasteiger partial charge is 0.497 e. The first-order valence-corrected chi connectivity index (χ1v) is 6.31. The molecule has 0 aromatic heterocycles. The summed E-state index contributed by atoms with van der Waals surface area (Å²) in [5.41, 5.74) is 7.73. The van der Waals surface area contributed by atoms with Gasteiger partial charge in [0.1, 0.15) is 11.6 Å². The molecule has 0 saturated carbocycles. The summed E-state index contributed by atoms with van der Waals surface area (Å²) in [5, 5.41) is 0.483. The predicted octanol–water partition coefficient (Wildman–Crippen LogP) is 3.73. The summed E-state index contributed by atoms with van der Waals surface area (Å²) in [7, 11) is 1.61. The lowest BCUT2D eigenvalue weighted by atomic mass is 9.99. The Kier molecular flexibility index (Phi) is 4.40. The van der Waals surface area contributed by atoms with E-state index in [-0.39, 0.29) is 11.9 Å². The van der Waals surface area contributed by atoms with E-state index in [2.05, 4.69) is 0 Å². The van der Waals surface area contributed by atoms with E-state index in [9.17, 15) is 4.39 Å². The Bertz CT molecular complexity index is 574. The molecule has 1 unspecified atom stereocenters. The summed E-state index contributed by atoms with van der Waals surface area (Å²) in [6.45, 7) is 0. The van der Waals surface area contributed by atoms with E-state index in [1.54, 1.807) is 7.11 Å². The van der Waals surface area contributed by atoms with Crippen molar-refractivity contribution in [1.29, 1.82) is 0 Å². The van der Waals surface area contributed by atoms with Crippen LogP contribution in [-0.4, -0.2) is 7.11 Å². The summed E-state index contributed by atoms with van der Waals surface area (Å²) in [4.78, 5) is 0. The van der Waals surface area contributed by atoms with Crippen LogP contribution in [0.2, 0.25) is 5.02 Å². The van der Waals surface area contributed by atoms with Gasteiger partial charge in [-0.2, -0.15) is 0 Å². The molecule has 4 heteroatoms. The molecule has 0 aliphatic rings. The van der Waals surface area contributed by atoms with Crippen molar-refractivity contribution in [1.82, 2.24) is 0 Å². The van der Waals surface area contributed by atoms with Crippen molar-refractivity contribution in [3.05, 3.63) is 64.4 Å². The summed E-state index contributed by atoms with van der Waals surface area (Å²) in [5.74, 6) is 0.440. The number of hydrogen-bond donors (Lipinski definition) is 1. The monoisotopic (exact) mass is 279 g/mol. The topological polar surface area (TPSA) is 35.2 Å². The van der Waals surface area contributed by atoms with Gasteiger partial charge in [0.2, 0.25) is 0 Å². The number of halogens is 2. The molecule has 2 aromatic rings. The van der Waals surface area contributed by atoms with E-state index in [1.165, 1.54) is 18.2 Å². The zero-order valence-corrected chi connectivity index (χ0v) is 11.3. The zero-order valence-electron chi connectivity index (χ0n) is 10.6. The van der Waals surface area contributed by atoms with E-state index in [0.717, 1.165) is 11.3 Å². The van der Waals surface area contributed by atoms with Gasteiger partial charge in [-0.1, -0.05) is 23.7 Å². The highest BCUT2D eigenvalue weighted by Crippen LogP contribution is 2.26. The molecule has 0 radical (unpaired) electrons. The fourth-order valence-electron chi connectivity index (χ4n) is 1.96. The van der Waals surface area contributed by atoms with Crippen LogP contribution in [0.4, 0.5) is 4.39 Å². The smallest absolute Gasteiger partial charge is 0.123 e. The molecule has 2 rings (SSSR count). The van der Waals surface area contributed by atoms with E-state index in [4.69, 9.17) is 22.1 Å². The predicted molar refractivity (Wildman–Crippen MR) is 75.0 cm³/mol. The van der Waals surface area contributed by atoms with Crippen LogP contribution < -0.4 is 10.5 Å². The van der Waals surface area contributed by atoms with Crippen LogP contribution in [0.15, 0.2) is 42.5 Å². The molecule has 19 heavy (non-hydrogen) atoms. The van der Waals surface area contributed by atoms with Gasteiger partial charge < -0.3 is 10.5 Å². The van der Waals surface area contributed by atoms with E-state index in [0.29, 0.717) is 17.0 Å². The highest BCUT2D eigenvalue weighted by Gasteiger charge is 2.12. The van der Waals surface area contributed by atoms with Crippen LogP contribution in [0.1, 0.15) is 17.2 Å². The molecule has 2 aromatic carbocycles. The van der Waals surface area contributed by atoms with Gasteiger partial charge in [0.15, 0.2) is 0 Å². The molecule has 0 amide bonds. The standard InChI is InChI=1S/C15H15ClFNO/c1-19-12-4-2-3-10(7-12)8-15(18)13-9-11(17)5-6-14(13)16/h2-7,9,15H,8,18H2,1H3. The quantitative estimate of drug-likeness (QED) is 0.925. The molecular weight excluding hydrogens is 265 g/mol. The molecule has 0 saturated heterocycles. The van der Waals surface area contributed by atoms with Gasteiger partial charge in [-0.3, -0.25) is 0 Å². The summed E-state index contributed by atoms with van der Waals surface area (Å²) in [6, 6.07) is 11.5. The van der Waals surface area contributed by atoms with Gasteiger partial charge in [-0.15, -0.1) is 0 Å². The molecular formula is C15H15ClFNO. The van der Waals surface area contributed by atoms with Gasteiger partial charge in [0.25, 0.3) is 0 Å². The van der Waals surface area contributed by atoms with E-state index in [1.807, 2.05) is 24.3 Å². The summed E-state index contributed by atoms with van der Waals surface area (Å²) >= 11 is 6.04. The average Bonchev–Trinajstić information content (AvgIpc) is 2.41. The van der Waals surface area contributed by atoms with Crippen molar-refractivity contribution >= 4 is 11.6 Å². The Morgan fingerprint density at radius 3 is 2.79 bits per heavy atom. The van der Waals surface area contributed by atoms with Crippen LogP contribution in [0.25, 0.3) is 0 Å². The Morgan fingerprint density at radius 2 is 2.05 bits per heavy atom. The van der Waals surface area contributed by atoms with Gasteiger partial charge in [-0.05, 0) is 47.9 Å². The number of benzene rings is 2. The third-order valence-corrected chi connectivity index (χ3v) is 3.29. The third-order valence-electron chi connectivity index (χ3n) is 2.95. The molecule has 0 bridgehead atoms. The molecule has 0 fully saturated rings. The van der Waals surface area contributed by atoms with Gasteiger partial charge in [-0.25, -0.2) is 4.39 Å². The highest BCUT2D eigenvalue weighted by molar-refractivity contribution is 6.31. The number of methoxy groups -OCH3 is 1. The van der Waals surface area contributed by atoms with E-state index >= 15 is 0 Å². The maximum atomic E-state index is 13.2. The fourth-order valence-corrected chi connectivity index (χ4v) is 2.22. The molecule has 100 valence electrons. The minimum absolute atomic E-state index is 0.333. The van der Waals surface area contributed by atoms with Crippen LogP contribution in [-0.2, 0) is 6.42 Å². The van der Waals surface area contributed by atoms with Crippen molar-refractivity contribution in [3.63, 3.8) is 0 Å². The molecule has 0 aliphatic carbocycles. The van der Waals surface area contributed by atoms with E-state index < -0.39 is 0 Å². The summed E-state index contributed by atoms with van der Waals surface area (Å²) < 4.78 is 18.4. The zero-order chi connectivity index (χ0) is 13.8. The van der Waals surface area contributed by atoms with Crippen molar-refractivity contribution < 1.29 is 9.13 Å². The number of nitrogens with two attached hydrogens (primary N) is 1. The second kappa shape index (κ2) is 6.04. The van der Waals surface area contributed by atoms with Crippen molar-refractivity contribution in [2.75, 3.05) is 7.11 Å². The first kappa shape index (κ1) is 13.8. The lowest BCUT2D eigenvalue weighted by Crippen LogP contribution is -2.14. The van der Waals surface area contributed by atoms with Gasteiger partial charge >= 0.3 is 0 Å². The van der Waals surface area contributed by atoms with Crippen LogP contribution in [0.3, 0.4) is 0 Å². The van der Waals surface area contributed by atoms with Crippen LogP contribution in [0, 0.1) is 5.82 Å². The lowest BCUT2D eigenvalue weighted by molar-refractivity contribution is 0.414. The number of rotatable bonds is 4. The minimum atomic E-state index is -0.352. The molecule has 2 nitrogen and oxygen atoms in total. The molecule has 2 N–H and O–H groups in total. The molecule has 1 atom stereocenters. The molecule has 0 spiro atoms. The lowest BCUT2D eigenvalue weighted by Gasteiger charge is -2.14. The van der Waals surface area contributed by atoms with Crippen LogP contribution in [0.5, 0.6) is 5.75 Å². The fraction of sp³-hybridized carbons (Fsp3) is 0.200. The minimum Gasteiger partial charge on any atom is -0.497 e. The average molecular weight is 280 g/mol. The highest BCUT2D eigenvalue weighted by atomic mass is 35.5. The second-order valence-electron chi connectivity index (χ2n) is 4.33. The Balaban J connectivity index is 2.20. The van der Waals surface area contributed by atoms with Gasteiger partial charge in [0.05, 0.1) is 7.11 Å². The first-order chi connectivity index (χ1) is 9.10. The maximum Gasteiger partial charge on any atom is 0.123 e. The molecule has 0 aliphatic heterocycles.